The Morgan fingerprint density at radius 2 is 2.02 bits per heavy atom. The molecule has 41 heavy (non-hydrogen) atoms. The molecule has 0 spiro atoms. The first-order chi connectivity index (χ1) is 19.8. The number of nitrogens with zero attached hydrogens (tertiary/aromatic N) is 4. The molecule has 5 rings (SSSR count). The van der Waals surface area contributed by atoms with Crippen molar-refractivity contribution in [3.63, 3.8) is 0 Å². The van der Waals surface area contributed by atoms with Crippen LogP contribution >= 0.6 is 0 Å². The lowest BCUT2D eigenvalue weighted by molar-refractivity contribution is 0.0548. The summed E-state index contributed by atoms with van der Waals surface area (Å²) in [6.45, 7) is 7.58. The Morgan fingerprint density at radius 1 is 1.20 bits per heavy atom. The summed E-state index contributed by atoms with van der Waals surface area (Å²) in [7, 11) is 0. The van der Waals surface area contributed by atoms with Gasteiger partial charge in [-0.1, -0.05) is 37.8 Å². The third-order valence-electron chi connectivity index (χ3n) is 7.21. The van der Waals surface area contributed by atoms with Crippen molar-refractivity contribution in [3.05, 3.63) is 106 Å². The molecular formula is C30H29FN6O4. The fourth-order valence-corrected chi connectivity index (χ4v) is 5.07. The first kappa shape index (κ1) is 27.6. The minimum atomic E-state index is -0.510. The summed E-state index contributed by atoms with van der Waals surface area (Å²) in [5.74, 6) is -1.57. The number of ether oxygens (including phenoxy) is 1. The smallest absolute Gasteiger partial charge is 0.338 e. The zero-order valence-corrected chi connectivity index (χ0v) is 22.7. The van der Waals surface area contributed by atoms with Gasteiger partial charge in [0, 0.05) is 12.6 Å². The van der Waals surface area contributed by atoms with Crippen LogP contribution in [0, 0.1) is 12.7 Å². The maximum absolute atomic E-state index is 13.8. The van der Waals surface area contributed by atoms with Crippen LogP contribution in [0.3, 0.4) is 0 Å². The normalized spacial score (nSPS) is 14.0. The zero-order chi connectivity index (χ0) is 29.1. The van der Waals surface area contributed by atoms with E-state index in [1.54, 1.807) is 18.2 Å². The van der Waals surface area contributed by atoms with E-state index in [2.05, 4.69) is 32.3 Å². The summed E-state index contributed by atoms with van der Waals surface area (Å²) < 4.78 is 20.3. The van der Waals surface area contributed by atoms with Crippen LogP contribution in [0.2, 0.25) is 0 Å². The number of carbonyl (C=O) groups is 3. The van der Waals surface area contributed by atoms with Gasteiger partial charge < -0.3 is 15.4 Å². The molecule has 0 unspecified atom stereocenters. The predicted octanol–water partition coefficient (Wildman–Crippen LogP) is 3.82. The Kier molecular flexibility index (Phi) is 7.86. The van der Waals surface area contributed by atoms with Gasteiger partial charge in [0.15, 0.2) is 0 Å². The summed E-state index contributed by atoms with van der Waals surface area (Å²) in [6.07, 6.45) is 4.63. The van der Waals surface area contributed by atoms with Crippen LogP contribution in [0.4, 0.5) is 4.39 Å². The number of hydrogen-bond acceptors (Lipinski definition) is 7. The number of aryl methyl sites for hydroxylation is 1. The molecule has 0 saturated carbocycles. The molecule has 2 amide bonds. The third-order valence-corrected chi connectivity index (χ3v) is 7.21. The van der Waals surface area contributed by atoms with E-state index in [1.165, 1.54) is 29.1 Å². The van der Waals surface area contributed by atoms with Gasteiger partial charge in [0.2, 0.25) is 0 Å². The van der Waals surface area contributed by atoms with Gasteiger partial charge >= 0.3 is 5.97 Å². The molecular weight excluding hydrogens is 527 g/mol. The molecule has 10 nitrogen and oxygen atoms in total. The summed E-state index contributed by atoms with van der Waals surface area (Å²) in [5, 5.41) is 9.91. The van der Waals surface area contributed by atoms with Crippen LogP contribution in [0.25, 0.3) is 5.78 Å². The summed E-state index contributed by atoms with van der Waals surface area (Å²) in [6, 6.07) is 9.30. The Balaban J connectivity index is 1.34. The molecule has 0 bridgehead atoms. The molecule has 0 saturated heterocycles. The summed E-state index contributed by atoms with van der Waals surface area (Å²) >= 11 is 0. The van der Waals surface area contributed by atoms with Crippen LogP contribution in [0.5, 0.6) is 0 Å². The minimum Gasteiger partial charge on any atom is -0.458 e. The second-order valence-electron chi connectivity index (χ2n) is 9.72. The first-order valence-electron chi connectivity index (χ1n) is 13.3. The molecule has 2 heterocycles. The van der Waals surface area contributed by atoms with Crippen LogP contribution in [0.1, 0.15) is 78.5 Å². The predicted molar refractivity (Wildman–Crippen MR) is 148 cm³/mol. The molecule has 0 radical (unpaired) electrons. The number of aromatic nitrogens is 4. The molecule has 0 aliphatic heterocycles. The molecule has 4 aromatic rings. The Hall–Kier alpha value is -4.93. The number of halogens is 1. The van der Waals surface area contributed by atoms with Crippen LogP contribution in [-0.2, 0) is 24.1 Å². The lowest BCUT2D eigenvalue weighted by Gasteiger charge is -2.16. The minimum absolute atomic E-state index is 0.00109. The van der Waals surface area contributed by atoms with Gasteiger partial charge in [0.1, 0.15) is 30.1 Å². The molecule has 2 aromatic carbocycles. The highest BCUT2D eigenvalue weighted by Gasteiger charge is 2.29. The van der Waals surface area contributed by atoms with E-state index in [0.29, 0.717) is 30.4 Å². The van der Waals surface area contributed by atoms with E-state index in [9.17, 15) is 18.8 Å². The molecule has 11 heteroatoms. The van der Waals surface area contributed by atoms with E-state index in [4.69, 9.17) is 4.74 Å². The average molecular weight is 557 g/mol. The zero-order valence-electron chi connectivity index (χ0n) is 22.7. The van der Waals surface area contributed by atoms with Crippen molar-refractivity contribution < 1.29 is 23.5 Å². The molecule has 2 N–H and O–H groups in total. The number of hydrogen-bond donors (Lipinski definition) is 2. The van der Waals surface area contributed by atoms with Gasteiger partial charge in [-0.15, -0.1) is 0 Å². The number of esters is 1. The fraction of sp³-hybridized carbons (Fsp3) is 0.267. The van der Waals surface area contributed by atoms with Crippen molar-refractivity contribution in [2.24, 2.45) is 0 Å². The average Bonchev–Trinajstić information content (AvgIpc) is 3.62. The quantitative estimate of drug-likeness (QED) is 0.237. The Morgan fingerprint density at radius 3 is 2.80 bits per heavy atom. The van der Waals surface area contributed by atoms with Gasteiger partial charge in [0.25, 0.3) is 17.6 Å². The Bertz CT molecular complexity index is 1680. The number of fused-ring (bicyclic) bond motifs is 2. The van der Waals surface area contributed by atoms with Crippen molar-refractivity contribution >= 4 is 23.6 Å². The summed E-state index contributed by atoms with van der Waals surface area (Å²) in [5.41, 5.74) is 4.62. The number of amides is 2. The van der Waals surface area contributed by atoms with Gasteiger partial charge in [-0.25, -0.2) is 14.2 Å². The van der Waals surface area contributed by atoms with Crippen LogP contribution < -0.4 is 10.6 Å². The lowest BCUT2D eigenvalue weighted by atomic mass is 9.98. The molecule has 0 fully saturated rings. The highest BCUT2D eigenvalue weighted by molar-refractivity contribution is 5.98. The van der Waals surface area contributed by atoms with Crippen molar-refractivity contribution in [2.75, 3.05) is 6.61 Å². The van der Waals surface area contributed by atoms with Crippen molar-refractivity contribution in [2.45, 2.75) is 45.7 Å². The molecule has 1 aliphatic carbocycles. The van der Waals surface area contributed by atoms with E-state index < -0.39 is 17.8 Å². The summed E-state index contributed by atoms with van der Waals surface area (Å²) in [4.78, 5) is 47.2. The van der Waals surface area contributed by atoms with Crippen molar-refractivity contribution in [1.82, 2.24) is 30.2 Å². The number of benzene rings is 2. The molecule has 210 valence electrons. The standard InChI is InChI=1S/C30H29FN6O4/c1-4-12-41-29(40)21-7-8-22-20(17(21)3)9-11-24(22)35-28(39)26-14-25(36-30-33-16-34-37(26)30)27(38)32-15-18-6-10-23(31)19(5-2)13-18/h4,6-8,10,13-14,16,24H,1,5,9,11-12,15H2,2-3H3,(H,32,38)(H,35,39)/t24-/m0/s1. The van der Waals surface area contributed by atoms with Gasteiger partial charge in [-0.2, -0.15) is 14.6 Å². The maximum atomic E-state index is 13.8. The van der Waals surface area contributed by atoms with Gasteiger partial charge in [-0.05, 0) is 66.1 Å². The lowest BCUT2D eigenvalue weighted by Crippen LogP contribution is -2.30. The number of rotatable bonds is 9. The van der Waals surface area contributed by atoms with Crippen molar-refractivity contribution in [1.29, 1.82) is 0 Å². The fourth-order valence-electron chi connectivity index (χ4n) is 5.07. The van der Waals surface area contributed by atoms with Crippen LogP contribution in [-0.4, -0.2) is 44.0 Å². The van der Waals surface area contributed by atoms with Gasteiger partial charge in [0.05, 0.1) is 11.6 Å². The monoisotopic (exact) mass is 556 g/mol. The highest BCUT2D eigenvalue weighted by Crippen LogP contribution is 2.35. The van der Waals surface area contributed by atoms with Crippen molar-refractivity contribution in [3.8, 4) is 0 Å². The SMILES string of the molecule is C=CCOC(=O)c1ccc2c(c1C)CC[C@@H]2NC(=O)c1cc(C(=O)NCc2ccc(F)c(CC)c2)nc2ncnn12. The Labute approximate surface area is 235 Å². The van der Waals surface area contributed by atoms with E-state index in [-0.39, 0.29) is 42.2 Å². The number of carbonyl (C=O) groups excluding carboxylic acids is 3. The maximum Gasteiger partial charge on any atom is 0.338 e. The molecule has 2 aromatic heterocycles. The first-order valence-corrected chi connectivity index (χ1v) is 13.3. The second-order valence-corrected chi connectivity index (χ2v) is 9.72. The molecule has 1 aliphatic rings. The van der Waals surface area contributed by atoms with Gasteiger partial charge in [-0.3, -0.25) is 9.59 Å². The van der Waals surface area contributed by atoms with Crippen LogP contribution in [0.15, 0.2) is 55.4 Å². The molecule has 1 atom stereocenters. The second kappa shape index (κ2) is 11.7. The van der Waals surface area contributed by atoms with E-state index in [0.717, 1.165) is 22.3 Å². The number of nitrogens with one attached hydrogen (secondary N) is 2. The highest BCUT2D eigenvalue weighted by atomic mass is 19.1. The third kappa shape index (κ3) is 5.56. The largest absolute Gasteiger partial charge is 0.458 e. The van der Waals surface area contributed by atoms with E-state index >= 15 is 0 Å². The van der Waals surface area contributed by atoms with E-state index in [1.807, 2.05) is 19.9 Å². The topological polar surface area (TPSA) is 128 Å².